The first kappa shape index (κ1) is 15.2. The summed E-state index contributed by atoms with van der Waals surface area (Å²) in [4.78, 5) is 2.24. The van der Waals surface area contributed by atoms with Crippen LogP contribution >= 0.6 is 0 Å². The molecule has 1 aliphatic rings. The molecule has 0 saturated heterocycles. The number of nitrogens with zero attached hydrogens (tertiary/aromatic N) is 2. The van der Waals surface area contributed by atoms with E-state index >= 15 is 0 Å². The van der Waals surface area contributed by atoms with E-state index in [1.165, 1.54) is 0 Å². The summed E-state index contributed by atoms with van der Waals surface area (Å²) in [6.07, 6.45) is 3.02. The molecule has 0 aromatic rings. The Balaban J connectivity index is 2.07. The Bertz CT molecular complexity index is 267. The van der Waals surface area contributed by atoms with E-state index in [1.54, 1.807) is 7.11 Å². The first-order valence-electron chi connectivity index (χ1n) is 6.46. The van der Waals surface area contributed by atoms with Crippen LogP contribution in [0.25, 0.3) is 0 Å². The highest BCUT2D eigenvalue weighted by Gasteiger charge is 2.42. The zero-order chi connectivity index (χ0) is 13.4. The summed E-state index contributed by atoms with van der Waals surface area (Å²) in [5.74, 6) is 0.339. The molecule has 6 nitrogen and oxygen atoms in total. The summed E-state index contributed by atoms with van der Waals surface area (Å²) in [5, 5.41) is 15.1. The molecule has 6 heteroatoms. The summed E-state index contributed by atoms with van der Waals surface area (Å²) in [5.41, 5.74) is 5.79. The minimum Gasteiger partial charge on any atom is -0.409 e. The van der Waals surface area contributed by atoms with Gasteiger partial charge in [0.1, 0.15) is 5.84 Å². The maximum atomic E-state index is 8.58. The highest BCUT2D eigenvalue weighted by molar-refractivity contribution is 5.80. The molecule has 1 rings (SSSR count). The lowest BCUT2D eigenvalue weighted by Gasteiger charge is -2.19. The van der Waals surface area contributed by atoms with Crippen LogP contribution in [0.1, 0.15) is 19.3 Å². The molecule has 0 spiro atoms. The van der Waals surface area contributed by atoms with Gasteiger partial charge in [0.25, 0.3) is 0 Å². The molecule has 1 saturated carbocycles. The van der Waals surface area contributed by atoms with Gasteiger partial charge in [-0.3, -0.25) is 0 Å². The number of amidine groups is 1. The zero-order valence-electron chi connectivity index (χ0n) is 11.5. The van der Waals surface area contributed by atoms with Crippen molar-refractivity contribution in [3.8, 4) is 0 Å². The van der Waals surface area contributed by atoms with Crippen molar-refractivity contribution in [3.63, 3.8) is 0 Å². The van der Waals surface area contributed by atoms with Crippen LogP contribution in [0.2, 0.25) is 0 Å². The van der Waals surface area contributed by atoms with Gasteiger partial charge in [-0.2, -0.15) is 0 Å². The Hall–Kier alpha value is -0.850. The summed E-state index contributed by atoms with van der Waals surface area (Å²) >= 11 is 0. The number of rotatable bonds is 10. The maximum absolute atomic E-state index is 8.58. The topological polar surface area (TPSA) is 83.1 Å². The van der Waals surface area contributed by atoms with Crippen LogP contribution in [0, 0.1) is 5.41 Å². The lowest BCUT2D eigenvalue weighted by molar-refractivity contribution is 0.161. The fourth-order valence-electron chi connectivity index (χ4n) is 1.99. The fraction of sp³-hybridized carbons (Fsp3) is 0.917. The van der Waals surface area contributed by atoms with Crippen LogP contribution in [0.5, 0.6) is 0 Å². The normalized spacial score (nSPS) is 18.3. The third-order valence-corrected chi connectivity index (χ3v) is 3.49. The monoisotopic (exact) mass is 258 g/mol. The number of oxime groups is 1. The fourth-order valence-corrected chi connectivity index (χ4v) is 1.99. The van der Waals surface area contributed by atoms with Gasteiger partial charge in [0.05, 0.1) is 6.61 Å². The van der Waals surface area contributed by atoms with Crippen LogP contribution < -0.4 is 11.1 Å². The van der Waals surface area contributed by atoms with Crippen molar-refractivity contribution >= 4 is 5.84 Å². The van der Waals surface area contributed by atoms with Crippen molar-refractivity contribution in [3.05, 3.63) is 0 Å². The highest BCUT2D eigenvalue weighted by atomic mass is 16.5. The summed E-state index contributed by atoms with van der Waals surface area (Å²) < 4.78 is 5.03. The molecule has 1 aliphatic carbocycles. The lowest BCUT2D eigenvalue weighted by Crippen LogP contribution is -2.35. The molecule has 0 aliphatic heterocycles. The zero-order valence-corrected chi connectivity index (χ0v) is 11.5. The summed E-state index contributed by atoms with van der Waals surface area (Å²) in [6.45, 7) is 4.62. The molecule has 18 heavy (non-hydrogen) atoms. The Morgan fingerprint density at radius 3 is 2.78 bits per heavy atom. The SMILES string of the molecule is COCCN(C)CCNCC1(CC(N)=NO)CC1. The Morgan fingerprint density at radius 2 is 2.22 bits per heavy atom. The van der Waals surface area contributed by atoms with Gasteiger partial charge < -0.3 is 25.9 Å². The molecule has 4 N–H and O–H groups in total. The first-order chi connectivity index (χ1) is 8.62. The standard InChI is InChI=1S/C12H26N4O2/c1-16(7-8-18-2)6-5-14-10-12(3-4-12)9-11(13)15-17/h14,17H,3-10H2,1-2H3,(H2,13,15). The third-order valence-electron chi connectivity index (χ3n) is 3.49. The number of hydrogen-bond acceptors (Lipinski definition) is 5. The molecular weight excluding hydrogens is 232 g/mol. The molecule has 0 amide bonds. The van der Waals surface area contributed by atoms with Gasteiger partial charge in [-0.05, 0) is 25.3 Å². The molecular formula is C12H26N4O2. The number of hydrogen-bond donors (Lipinski definition) is 3. The molecule has 0 bridgehead atoms. The van der Waals surface area contributed by atoms with E-state index in [9.17, 15) is 0 Å². The molecule has 0 aromatic carbocycles. The van der Waals surface area contributed by atoms with Gasteiger partial charge in [0, 0.05) is 39.7 Å². The number of ether oxygens (including phenoxy) is 1. The first-order valence-corrected chi connectivity index (χ1v) is 6.46. The molecule has 0 radical (unpaired) electrons. The average Bonchev–Trinajstić information content (AvgIpc) is 3.12. The predicted molar refractivity (Wildman–Crippen MR) is 71.9 cm³/mol. The Kier molecular flexibility index (Phi) is 6.38. The van der Waals surface area contributed by atoms with Crippen LogP contribution in [-0.2, 0) is 4.74 Å². The second-order valence-electron chi connectivity index (χ2n) is 5.24. The number of nitrogens with two attached hydrogens (primary N) is 1. The van der Waals surface area contributed by atoms with Crippen LogP contribution in [0.4, 0.5) is 0 Å². The van der Waals surface area contributed by atoms with Crippen molar-refractivity contribution in [1.82, 2.24) is 10.2 Å². The van der Waals surface area contributed by atoms with E-state index in [0.29, 0.717) is 12.3 Å². The van der Waals surface area contributed by atoms with E-state index in [1.807, 2.05) is 0 Å². The Labute approximate surface area is 109 Å². The van der Waals surface area contributed by atoms with Crippen LogP contribution in [0.15, 0.2) is 5.16 Å². The van der Waals surface area contributed by atoms with Gasteiger partial charge in [-0.25, -0.2) is 0 Å². The minimum atomic E-state index is 0.238. The number of nitrogens with one attached hydrogen (secondary N) is 1. The van der Waals surface area contributed by atoms with E-state index in [-0.39, 0.29) is 5.41 Å². The molecule has 1 fully saturated rings. The van der Waals surface area contributed by atoms with E-state index < -0.39 is 0 Å². The Morgan fingerprint density at radius 1 is 1.50 bits per heavy atom. The van der Waals surface area contributed by atoms with E-state index in [4.69, 9.17) is 15.7 Å². The number of likely N-dealkylation sites (N-methyl/N-ethyl adjacent to an activating group) is 1. The van der Waals surface area contributed by atoms with Crippen LogP contribution in [0.3, 0.4) is 0 Å². The molecule has 0 heterocycles. The van der Waals surface area contributed by atoms with Gasteiger partial charge in [0.2, 0.25) is 0 Å². The van der Waals surface area contributed by atoms with Crippen molar-refractivity contribution in [2.24, 2.45) is 16.3 Å². The van der Waals surface area contributed by atoms with Crippen molar-refractivity contribution in [2.45, 2.75) is 19.3 Å². The molecule has 0 atom stereocenters. The second kappa shape index (κ2) is 7.56. The van der Waals surface area contributed by atoms with Crippen molar-refractivity contribution in [1.29, 1.82) is 0 Å². The minimum absolute atomic E-state index is 0.238. The van der Waals surface area contributed by atoms with Crippen LogP contribution in [-0.4, -0.2) is 62.9 Å². The molecule has 0 aromatic heterocycles. The van der Waals surface area contributed by atoms with Gasteiger partial charge >= 0.3 is 0 Å². The second-order valence-corrected chi connectivity index (χ2v) is 5.24. The maximum Gasteiger partial charge on any atom is 0.139 e. The van der Waals surface area contributed by atoms with Gasteiger partial charge in [-0.15, -0.1) is 0 Å². The van der Waals surface area contributed by atoms with E-state index in [2.05, 4.69) is 22.4 Å². The largest absolute Gasteiger partial charge is 0.409 e. The van der Waals surface area contributed by atoms with Crippen molar-refractivity contribution in [2.75, 3.05) is 46.9 Å². The van der Waals surface area contributed by atoms with Gasteiger partial charge in [-0.1, -0.05) is 5.16 Å². The molecule has 106 valence electrons. The lowest BCUT2D eigenvalue weighted by atomic mass is 10.0. The quantitative estimate of drug-likeness (QED) is 0.170. The van der Waals surface area contributed by atoms with Gasteiger partial charge in [0.15, 0.2) is 0 Å². The van der Waals surface area contributed by atoms with E-state index in [0.717, 1.165) is 45.6 Å². The summed E-state index contributed by atoms with van der Waals surface area (Å²) in [7, 11) is 3.81. The third kappa shape index (κ3) is 5.66. The highest BCUT2D eigenvalue weighted by Crippen LogP contribution is 2.48. The molecule has 0 unspecified atom stereocenters. The summed E-state index contributed by atoms with van der Waals surface area (Å²) in [6, 6.07) is 0. The average molecular weight is 258 g/mol. The number of methoxy groups -OCH3 is 1. The van der Waals surface area contributed by atoms with Crippen molar-refractivity contribution < 1.29 is 9.94 Å². The predicted octanol–water partition coefficient (Wildman–Crippen LogP) is 0.0709. The smallest absolute Gasteiger partial charge is 0.139 e.